The van der Waals surface area contributed by atoms with Crippen LogP contribution in [-0.4, -0.2) is 30.0 Å². The molecule has 2 N–H and O–H groups in total. The molecule has 1 aromatic carbocycles. The average Bonchev–Trinajstić information content (AvgIpc) is 2.31. The molecule has 1 amide bonds. The fourth-order valence-corrected chi connectivity index (χ4v) is 2.26. The number of nitrogens with one attached hydrogen (secondary N) is 1. The van der Waals surface area contributed by atoms with E-state index in [1.165, 1.54) is 16.7 Å². The van der Waals surface area contributed by atoms with Gasteiger partial charge in [-0.2, -0.15) is 0 Å². The number of carbonyl (C=O) groups is 1. The molecule has 4 heteroatoms. The Labute approximate surface area is 127 Å². The van der Waals surface area contributed by atoms with Gasteiger partial charge < -0.3 is 15.2 Å². The molecule has 0 aliphatic carbocycles. The van der Waals surface area contributed by atoms with E-state index in [0.29, 0.717) is 6.54 Å². The Bertz CT molecular complexity index is 457. The second-order valence-corrected chi connectivity index (χ2v) is 6.63. The molecule has 0 saturated heterocycles. The second-order valence-electron chi connectivity index (χ2n) is 6.63. The van der Waals surface area contributed by atoms with Crippen LogP contribution in [0, 0.1) is 19.8 Å². The lowest BCUT2D eigenvalue weighted by Crippen LogP contribution is -2.36. The number of amides is 1. The molecular formula is C17H27NO3. The molecule has 1 aromatic rings. The van der Waals surface area contributed by atoms with Crippen molar-refractivity contribution in [3.8, 4) is 0 Å². The monoisotopic (exact) mass is 293 g/mol. The van der Waals surface area contributed by atoms with Gasteiger partial charge in [-0.25, -0.2) is 4.79 Å². The first-order valence-electron chi connectivity index (χ1n) is 7.34. The van der Waals surface area contributed by atoms with Gasteiger partial charge in [0.2, 0.25) is 0 Å². The Kier molecular flexibility index (Phi) is 6.21. The molecule has 4 nitrogen and oxygen atoms in total. The number of hydrogen-bond donors (Lipinski definition) is 2. The normalized spacial score (nSPS) is 12.9. The summed E-state index contributed by atoms with van der Waals surface area (Å²) in [5.41, 5.74) is 3.09. The fourth-order valence-electron chi connectivity index (χ4n) is 2.26. The fraction of sp³-hybridized carbons (Fsp3) is 0.588. The van der Waals surface area contributed by atoms with Crippen molar-refractivity contribution in [1.82, 2.24) is 5.32 Å². The van der Waals surface area contributed by atoms with E-state index in [0.717, 1.165) is 6.42 Å². The lowest BCUT2D eigenvalue weighted by molar-refractivity contribution is 0.0512. The third-order valence-corrected chi connectivity index (χ3v) is 3.00. The van der Waals surface area contributed by atoms with E-state index in [-0.39, 0.29) is 12.5 Å². The molecule has 1 rings (SSSR count). The largest absolute Gasteiger partial charge is 0.444 e. The van der Waals surface area contributed by atoms with Crippen molar-refractivity contribution >= 4 is 6.09 Å². The highest BCUT2D eigenvalue weighted by Crippen LogP contribution is 2.13. The van der Waals surface area contributed by atoms with Crippen LogP contribution in [0.1, 0.15) is 37.5 Å². The van der Waals surface area contributed by atoms with Gasteiger partial charge in [0.25, 0.3) is 0 Å². The van der Waals surface area contributed by atoms with Crippen LogP contribution in [-0.2, 0) is 11.2 Å². The standard InChI is InChI=1S/C17H27NO3/c1-12-6-13(2)8-14(7-12)9-15(11-19)10-18-16(20)21-17(3,4)5/h6-8,15,19H,9-11H2,1-5H3,(H,18,20). The number of benzene rings is 1. The van der Waals surface area contributed by atoms with Gasteiger partial charge in [0.1, 0.15) is 5.60 Å². The quantitative estimate of drug-likeness (QED) is 0.877. The number of aliphatic hydroxyl groups excluding tert-OH is 1. The number of ether oxygens (including phenoxy) is 1. The molecule has 0 aromatic heterocycles. The number of hydrogen-bond acceptors (Lipinski definition) is 3. The van der Waals surface area contributed by atoms with Gasteiger partial charge >= 0.3 is 6.09 Å². The van der Waals surface area contributed by atoms with E-state index in [1.54, 1.807) is 0 Å². The van der Waals surface area contributed by atoms with Crippen molar-refractivity contribution < 1.29 is 14.6 Å². The van der Waals surface area contributed by atoms with E-state index >= 15 is 0 Å². The van der Waals surface area contributed by atoms with Crippen molar-refractivity contribution in [2.24, 2.45) is 5.92 Å². The zero-order chi connectivity index (χ0) is 16.0. The summed E-state index contributed by atoms with van der Waals surface area (Å²) in [6.45, 7) is 10.0. The maximum atomic E-state index is 11.6. The number of alkyl carbamates (subject to hydrolysis) is 1. The maximum Gasteiger partial charge on any atom is 0.407 e. The molecule has 0 saturated carbocycles. The van der Waals surface area contributed by atoms with E-state index in [2.05, 4.69) is 37.4 Å². The summed E-state index contributed by atoms with van der Waals surface area (Å²) in [7, 11) is 0. The SMILES string of the molecule is Cc1cc(C)cc(CC(CO)CNC(=O)OC(C)(C)C)c1. The van der Waals surface area contributed by atoms with Crippen LogP contribution in [0.4, 0.5) is 4.79 Å². The van der Waals surface area contributed by atoms with Crippen molar-refractivity contribution in [3.05, 3.63) is 34.9 Å². The third-order valence-electron chi connectivity index (χ3n) is 3.00. The van der Waals surface area contributed by atoms with Gasteiger partial charge in [0.05, 0.1) is 0 Å². The molecule has 1 atom stereocenters. The number of carbonyl (C=O) groups excluding carboxylic acids is 1. The van der Waals surface area contributed by atoms with Gasteiger partial charge in [-0.15, -0.1) is 0 Å². The highest BCUT2D eigenvalue weighted by molar-refractivity contribution is 5.67. The Morgan fingerprint density at radius 2 is 1.81 bits per heavy atom. The molecule has 1 unspecified atom stereocenters. The highest BCUT2D eigenvalue weighted by Gasteiger charge is 2.17. The summed E-state index contributed by atoms with van der Waals surface area (Å²) in [6, 6.07) is 6.35. The molecule has 0 aliphatic heterocycles. The average molecular weight is 293 g/mol. The minimum Gasteiger partial charge on any atom is -0.444 e. The maximum absolute atomic E-state index is 11.6. The smallest absolute Gasteiger partial charge is 0.407 e. The number of aryl methyl sites for hydroxylation is 2. The van der Waals surface area contributed by atoms with Crippen LogP contribution in [0.15, 0.2) is 18.2 Å². The molecular weight excluding hydrogens is 266 g/mol. The molecule has 0 radical (unpaired) electrons. The first-order valence-corrected chi connectivity index (χ1v) is 7.34. The van der Waals surface area contributed by atoms with Crippen LogP contribution in [0.3, 0.4) is 0 Å². The van der Waals surface area contributed by atoms with Crippen molar-refractivity contribution in [2.45, 2.75) is 46.6 Å². The zero-order valence-electron chi connectivity index (χ0n) is 13.7. The van der Waals surface area contributed by atoms with Gasteiger partial charge in [-0.3, -0.25) is 0 Å². The van der Waals surface area contributed by atoms with Crippen LogP contribution in [0.25, 0.3) is 0 Å². The van der Waals surface area contributed by atoms with Crippen LogP contribution in [0.5, 0.6) is 0 Å². The summed E-state index contributed by atoms with van der Waals surface area (Å²) in [5, 5.41) is 12.2. The van der Waals surface area contributed by atoms with E-state index < -0.39 is 11.7 Å². The minimum atomic E-state index is -0.507. The summed E-state index contributed by atoms with van der Waals surface area (Å²) in [5.74, 6) is -0.0151. The Morgan fingerprint density at radius 1 is 1.24 bits per heavy atom. The lowest BCUT2D eigenvalue weighted by Gasteiger charge is -2.21. The molecule has 0 heterocycles. The topological polar surface area (TPSA) is 58.6 Å². The predicted octanol–water partition coefficient (Wildman–Crippen LogP) is 2.98. The first kappa shape index (κ1) is 17.5. The molecule has 0 fully saturated rings. The summed E-state index contributed by atoms with van der Waals surface area (Å²) in [4.78, 5) is 11.6. The highest BCUT2D eigenvalue weighted by atomic mass is 16.6. The molecule has 21 heavy (non-hydrogen) atoms. The van der Waals surface area contributed by atoms with E-state index in [9.17, 15) is 9.90 Å². The summed E-state index contributed by atoms with van der Waals surface area (Å²) in [6.07, 6.45) is 0.288. The van der Waals surface area contributed by atoms with Gasteiger partial charge in [0, 0.05) is 19.1 Å². The van der Waals surface area contributed by atoms with Gasteiger partial charge in [-0.05, 0) is 46.6 Å². The molecule has 0 bridgehead atoms. The van der Waals surface area contributed by atoms with Crippen molar-refractivity contribution in [3.63, 3.8) is 0 Å². The first-order chi connectivity index (χ1) is 9.69. The second kappa shape index (κ2) is 7.46. The minimum absolute atomic E-state index is 0.0151. The Hall–Kier alpha value is -1.55. The zero-order valence-corrected chi connectivity index (χ0v) is 13.7. The number of aliphatic hydroxyl groups is 1. The van der Waals surface area contributed by atoms with Crippen LogP contribution >= 0.6 is 0 Å². The molecule has 118 valence electrons. The van der Waals surface area contributed by atoms with E-state index in [1.807, 2.05) is 20.8 Å². The van der Waals surface area contributed by atoms with Crippen molar-refractivity contribution in [1.29, 1.82) is 0 Å². The van der Waals surface area contributed by atoms with Gasteiger partial charge in [-0.1, -0.05) is 29.3 Å². The summed E-state index contributed by atoms with van der Waals surface area (Å²) >= 11 is 0. The molecule has 0 aliphatic rings. The predicted molar refractivity (Wildman–Crippen MR) is 84.4 cm³/mol. The Balaban J connectivity index is 2.54. The van der Waals surface area contributed by atoms with Gasteiger partial charge in [0.15, 0.2) is 0 Å². The third kappa shape index (κ3) is 7.14. The molecule has 0 spiro atoms. The van der Waals surface area contributed by atoms with E-state index in [4.69, 9.17) is 4.74 Å². The lowest BCUT2D eigenvalue weighted by atomic mass is 9.97. The number of rotatable bonds is 5. The van der Waals surface area contributed by atoms with Crippen molar-refractivity contribution in [2.75, 3.05) is 13.2 Å². The Morgan fingerprint density at radius 3 is 2.29 bits per heavy atom. The van der Waals surface area contributed by atoms with Crippen LogP contribution < -0.4 is 5.32 Å². The van der Waals surface area contributed by atoms with Crippen LogP contribution in [0.2, 0.25) is 0 Å². The summed E-state index contributed by atoms with van der Waals surface area (Å²) < 4.78 is 5.19.